The largest absolute Gasteiger partial charge is 0.492 e. The maximum absolute atomic E-state index is 15.3. The quantitative estimate of drug-likeness (QED) is 0.362. The zero-order valence-corrected chi connectivity index (χ0v) is 23.9. The van der Waals surface area contributed by atoms with Crippen LogP contribution < -0.4 is 14.2 Å². The van der Waals surface area contributed by atoms with Crippen LogP contribution in [0.4, 0.5) is 4.39 Å². The Bertz CT molecular complexity index is 1590. The minimum absolute atomic E-state index is 0.00797. The molecule has 1 unspecified atom stereocenters. The van der Waals surface area contributed by atoms with Gasteiger partial charge in [0.15, 0.2) is 9.84 Å². The molecule has 3 aromatic rings. The van der Waals surface area contributed by atoms with E-state index in [0.717, 1.165) is 39.1 Å². The van der Waals surface area contributed by atoms with Crippen LogP contribution in [0.25, 0.3) is 11.1 Å². The van der Waals surface area contributed by atoms with Crippen molar-refractivity contribution >= 4 is 15.8 Å². The molecule has 0 bridgehead atoms. The summed E-state index contributed by atoms with van der Waals surface area (Å²) in [7, 11) is -2.96. The minimum Gasteiger partial charge on any atom is -0.492 e. The van der Waals surface area contributed by atoms with Crippen molar-refractivity contribution < 1.29 is 36.9 Å². The molecule has 0 radical (unpaired) electrons. The highest BCUT2D eigenvalue weighted by atomic mass is 32.2. The van der Waals surface area contributed by atoms with E-state index in [2.05, 4.69) is 0 Å². The second kappa shape index (κ2) is 10.7. The van der Waals surface area contributed by atoms with Crippen LogP contribution in [-0.2, 0) is 21.1 Å². The van der Waals surface area contributed by atoms with Crippen LogP contribution in [0.3, 0.4) is 0 Å². The number of carboxylic acids is 1. The lowest BCUT2D eigenvalue weighted by molar-refractivity contribution is -0.137. The molecule has 1 saturated heterocycles. The fourth-order valence-corrected chi connectivity index (χ4v) is 7.94. The second-order valence-corrected chi connectivity index (χ2v) is 13.6. The summed E-state index contributed by atoms with van der Waals surface area (Å²) in [5.41, 5.74) is 6.39. The van der Waals surface area contributed by atoms with E-state index in [1.165, 1.54) is 6.07 Å². The molecule has 41 heavy (non-hydrogen) atoms. The van der Waals surface area contributed by atoms with Crippen molar-refractivity contribution in [3.8, 4) is 28.4 Å². The number of sulfone groups is 1. The van der Waals surface area contributed by atoms with Gasteiger partial charge >= 0.3 is 5.97 Å². The van der Waals surface area contributed by atoms with Gasteiger partial charge in [0.05, 0.1) is 24.5 Å². The molecule has 9 heteroatoms. The average Bonchev–Trinajstić information content (AvgIpc) is 3.51. The predicted molar refractivity (Wildman–Crippen MR) is 152 cm³/mol. The predicted octanol–water partition coefficient (Wildman–Crippen LogP) is 6.08. The Morgan fingerprint density at radius 1 is 1.00 bits per heavy atom. The summed E-state index contributed by atoms with van der Waals surface area (Å²) in [4.78, 5) is 11.2. The Kier molecular flexibility index (Phi) is 7.18. The van der Waals surface area contributed by atoms with E-state index in [0.29, 0.717) is 49.4 Å². The number of benzene rings is 3. The van der Waals surface area contributed by atoms with E-state index in [9.17, 15) is 13.2 Å². The Morgan fingerprint density at radius 2 is 1.73 bits per heavy atom. The van der Waals surface area contributed by atoms with Crippen molar-refractivity contribution in [2.45, 2.75) is 64.1 Å². The molecule has 6 rings (SSSR count). The van der Waals surface area contributed by atoms with Gasteiger partial charge in [-0.3, -0.25) is 4.79 Å². The number of aliphatic carboxylic acids is 1. The number of fused-ring (bicyclic) bond motifs is 2. The highest BCUT2D eigenvalue weighted by Gasteiger charge is 2.32. The molecule has 0 amide bonds. The third-order valence-corrected chi connectivity index (χ3v) is 10.1. The molecule has 2 aliphatic heterocycles. The van der Waals surface area contributed by atoms with Crippen molar-refractivity contribution in [3.63, 3.8) is 0 Å². The van der Waals surface area contributed by atoms with E-state index in [4.69, 9.17) is 19.3 Å². The third kappa shape index (κ3) is 5.52. The number of hydrogen-bond acceptors (Lipinski definition) is 6. The summed E-state index contributed by atoms with van der Waals surface area (Å²) >= 11 is 0. The SMILES string of the molecule is Cc1cc(OC2CCS(=O)(=O)CC2)cc(C)c1-c1ccc(F)c2c1CCC2Oc1ccc2c(c1)OC[C@H]2CC(=O)O. The van der Waals surface area contributed by atoms with Crippen LogP contribution in [0.1, 0.15) is 65.5 Å². The van der Waals surface area contributed by atoms with Crippen LogP contribution in [-0.4, -0.2) is 43.7 Å². The van der Waals surface area contributed by atoms with E-state index in [1.807, 2.05) is 38.1 Å². The Hall–Kier alpha value is -3.59. The van der Waals surface area contributed by atoms with Crippen LogP contribution in [0.2, 0.25) is 0 Å². The van der Waals surface area contributed by atoms with Crippen molar-refractivity contribution in [1.82, 2.24) is 0 Å². The average molecular weight is 581 g/mol. The van der Waals surface area contributed by atoms with Crippen LogP contribution in [0.15, 0.2) is 42.5 Å². The lowest BCUT2D eigenvalue weighted by Crippen LogP contribution is -2.30. The summed E-state index contributed by atoms with van der Waals surface area (Å²) < 4.78 is 57.0. The fraction of sp³-hybridized carbons (Fsp3) is 0.406. The summed E-state index contributed by atoms with van der Waals surface area (Å²) in [5.74, 6) is 0.854. The molecular weight excluding hydrogens is 547 g/mol. The Morgan fingerprint density at radius 3 is 2.44 bits per heavy atom. The van der Waals surface area contributed by atoms with E-state index < -0.39 is 21.9 Å². The van der Waals surface area contributed by atoms with Crippen LogP contribution in [0, 0.1) is 19.7 Å². The first-order valence-electron chi connectivity index (χ1n) is 14.0. The first kappa shape index (κ1) is 27.6. The maximum Gasteiger partial charge on any atom is 0.304 e. The van der Waals surface area contributed by atoms with Crippen molar-refractivity contribution in [1.29, 1.82) is 0 Å². The molecular formula is C32H33FO7S. The summed E-state index contributed by atoms with van der Waals surface area (Å²) in [6.45, 7) is 4.35. The molecule has 2 heterocycles. The van der Waals surface area contributed by atoms with Gasteiger partial charge in [-0.2, -0.15) is 0 Å². The molecule has 1 fully saturated rings. The first-order chi connectivity index (χ1) is 19.6. The van der Waals surface area contributed by atoms with E-state index >= 15 is 4.39 Å². The van der Waals surface area contributed by atoms with Crippen LogP contribution >= 0.6 is 0 Å². The van der Waals surface area contributed by atoms with Gasteiger partial charge in [-0.15, -0.1) is 0 Å². The maximum atomic E-state index is 15.3. The number of aryl methyl sites for hydroxylation is 2. The topological polar surface area (TPSA) is 99.1 Å². The molecule has 0 aromatic heterocycles. The zero-order valence-electron chi connectivity index (χ0n) is 23.1. The number of carbonyl (C=O) groups is 1. The van der Waals surface area contributed by atoms with Gasteiger partial charge in [0, 0.05) is 23.1 Å². The second-order valence-electron chi connectivity index (χ2n) is 11.3. The third-order valence-electron chi connectivity index (χ3n) is 8.43. The molecule has 1 aliphatic carbocycles. The molecule has 3 aromatic carbocycles. The highest BCUT2D eigenvalue weighted by Crippen LogP contribution is 2.45. The van der Waals surface area contributed by atoms with Crippen LogP contribution in [0.5, 0.6) is 17.2 Å². The zero-order chi connectivity index (χ0) is 28.9. The van der Waals surface area contributed by atoms with E-state index in [1.54, 1.807) is 12.1 Å². The molecule has 0 saturated carbocycles. The number of ether oxygens (including phenoxy) is 3. The minimum atomic E-state index is -2.96. The van der Waals surface area contributed by atoms with Crippen molar-refractivity contribution in [2.24, 2.45) is 0 Å². The van der Waals surface area contributed by atoms with Gasteiger partial charge in [-0.05, 0) is 91.6 Å². The van der Waals surface area contributed by atoms with Crippen molar-refractivity contribution in [2.75, 3.05) is 18.1 Å². The number of halogens is 1. The molecule has 7 nitrogen and oxygen atoms in total. The van der Waals surface area contributed by atoms with Gasteiger partial charge in [-0.1, -0.05) is 12.1 Å². The van der Waals surface area contributed by atoms with Gasteiger partial charge in [0.25, 0.3) is 0 Å². The standard InChI is InChI=1S/C32H33FO7S/c1-18-13-23(39-21-9-11-41(36,37)12-10-21)14-19(2)31(18)25-5-7-27(33)32-26(25)6-8-28(32)40-22-3-4-24-20(15-30(34)35)17-38-29(24)16-22/h3-5,7,13-14,16,20-21,28H,6,8-12,15,17H2,1-2H3,(H,34,35)/t20-,28?/m1/s1. The summed E-state index contributed by atoms with van der Waals surface area (Å²) in [6, 6.07) is 12.7. The molecule has 1 N–H and O–H groups in total. The van der Waals surface area contributed by atoms with Crippen molar-refractivity contribution in [3.05, 3.63) is 76.1 Å². The monoisotopic (exact) mass is 580 g/mol. The molecule has 3 aliphatic rings. The number of carboxylic acid groups (broad SMARTS) is 1. The van der Waals surface area contributed by atoms with Gasteiger partial charge in [-0.25, -0.2) is 12.8 Å². The normalized spacial score (nSPS) is 21.1. The van der Waals surface area contributed by atoms with E-state index in [-0.39, 0.29) is 35.8 Å². The smallest absolute Gasteiger partial charge is 0.304 e. The lowest BCUT2D eigenvalue weighted by atomic mass is 9.90. The molecule has 2 atom stereocenters. The van der Waals surface area contributed by atoms with Gasteiger partial charge < -0.3 is 19.3 Å². The van der Waals surface area contributed by atoms with Gasteiger partial charge in [0.1, 0.15) is 35.3 Å². The van der Waals surface area contributed by atoms with Gasteiger partial charge in [0.2, 0.25) is 0 Å². The summed E-state index contributed by atoms with van der Waals surface area (Å²) in [5, 5.41) is 9.16. The highest BCUT2D eigenvalue weighted by molar-refractivity contribution is 7.91. The first-order valence-corrected chi connectivity index (χ1v) is 15.9. The molecule has 216 valence electrons. The fourth-order valence-electron chi connectivity index (χ4n) is 6.50. The number of rotatable bonds is 7. The Balaban J connectivity index is 1.24. The Labute approximate surface area is 239 Å². The number of hydrogen-bond donors (Lipinski definition) is 1. The lowest BCUT2D eigenvalue weighted by Gasteiger charge is -2.24. The molecule has 0 spiro atoms. The summed E-state index contributed by atoms with van der Waals surface area (Å²) in [6.07, 6.45) is 1.72.